The quantitative estimate of drug-likeness (QED) is 0.290. The van der Waals surface area contributed by atoms with Gasteiger partial charge in [-0.3, -0.25) is 4.79 Å². The molecule has 5 rings (SSSR count). The van der Waals surface area contributed by atoms with Crippen molar-refractivity contribution in [2.24, 2.45) is 0 Å². The van der Waals surface area contributed by atoms with Gasteiger partial charge in [0.2, 0.25) is 0 Å². The standard InChI is InChI=1S/C28H20FNO4S/c1-30(35(32,33)25-8-3-2-4-9-25)28(31)22-7-5-6-20(16-22)21-12-15-26-23(17-21)18-27(34-26)19-10-13-24(29)14-11-19/h2-18H,1H3. The van der Waals surface area contributed by atoms with Crippen LogP contribution >= 0.6 is 0 Å². The van der Waals surface area contributed by atoms with Crippen molar-refractivity contribution in [2.75, 3.05) is 7.05 Å². The zero-order valence-corrected chi connectivity index (χ0v) is 19.5. The Hall–Kier alpha value is -4.23. The third-order valence-electron chi connectivity index (χ3n) is 5.78. The molecule has 5 aromatic rings. The molecule has 0 radical (unpaired) electrons. The minimum atomic E-state index is -3.97. The van der Waals surface area contributed by atoms with Crippen molar-refractivity contribution in [2.45, 2.75) is 4.90 Å². The van der Waals surface area contributed by atoms with Gasteiger partial charge in [0.15, 0.2) is 0 Å². The summed E-state index contributed by atoms with van der Waals surface area (Å²) < 4.78 is 45.6. The molecule has 0 N–H and O–H groups in total. The Morgan fingerprint density at radius 2 is 1.46 bits per heavy atom. The number of carbonyl (C=O) groups is 1. The highest BCUT2D eigenvalue weighted by molar-refractivity contribution is 7.89. The molecule has 0 unspecified atom stereocenters. The van der Waals surface area contributed by atoms with E-state index < -0.39 is 15.9 Å². The van der Waals surface area contributed by atoms with E-state index in [0.717, 1.165) is 26.4 Å². The van der Waals surface area contributed by atoms with E-state index in [0.29, 0.717) is 11.3 Å². The van der Waals surface area contributed by atoms with Crippen LogP contribution in [-0.2, 0) is 10.0 Å². The van der Waals surface area contributed by atoms with Gasteiger partial charge in [0.1, 0.15) is 17.2 Å². The summed E-state index contributed by atoms with van der Waals surface area (Å²) in [5.41, 5.74) is 3.29. The molecule has 0 bridgehead atoms. The summed E-state index contributed by atoms with van der Waals surface area (Å²) in [4.78, 5) is 13.1. The van der Waals surface area contributed by atoms with Gasteiger partial charge < -0.3 is 4.42 Å². The van der Waals surface area contributed by atoms with Gasteiger partial charge in [-0.2, -0.15) is 0 Å². The first kappa shape index (κ1) is 22.6. The number of carbonyl (C=O) groups excluding carboxylic acids is 1. The first-order chi connectivity index (χ1) is 16.8. The van der Waals surface area contributed by atoms with Gasteiger partial charge in [-0.15, -0.1) is 0 Å². The lowest BCUT2D eigenvalue weighted by molar-refractivity contribution is 0.0883. The Morgan fingerprint density at radius 1 is 0.771 bits per heavy atom. The van der Waals surface area contributed by atoms with Crippen LogP contribution < -0.4 is 0 Å². The molecular weight excluding hydrogens is 465 g/mol. The Kier molecular flexibility index (Phi) is 5.70. The van der Waals surface area contributed by atoms with Gasteiger partial charge in [-0.25, -0.2) is 17.1 Å². The van der Waals surface area contributed by atoms with E-state index in [1.807, 2.05) is 30.3 Å². The molecule has 0 saturated carbocycles. The maximum Gasteiger partial charge on any atom is 0.267 e. The normalized spacial score (nSPS) is 11.5. The fraction of sp³-hybridized carbons (Fsp3) is 0.0357. The summed E-state index contributed by atoms with van der Waals surface area (Å²) in [5.74, 6) is -0.323. The van der Waals surface area contributed by atoms with Gasteiger partial charge >= 0.3 is 0 Å². The van der Waals surface area contributed by atoms with Crippen LogP contribution in [-0.4, -0.2) is 25.7 Å². The number of rotatable bonds is 5. The molecule has 0 spiro atoms. The zero-order valence-electron chi connectivity index (χ0n) is 18.7. The average Bonchev–Trinajstić information content (AvgIpc) is 3.32. The van der Waals surface area contributed by atoms with Gasteiger partial charge in [0, 0.05) is 23.6 Å². The molecule has 174 valence electrons. The third-order valence-corrected chi connectivity index (χ3v) is 7.53. The van der Waals surface area contributed by atoms with Crippen LogP contribution in [0.2, 0.25) is 0 Å². The van der Waals surface area contributed by atoms with E-state index in [4.69, 9.17) is 4.42 Å². The van der Waals surface area contributed by atoms with E-state index in [2.05, 4.69) is 0 Å². The number of benzene rings is 4. The smallest absolute Gasteiger partial charge is 0.267 e. The van der Waals surface area contributed by atoms with Crippen LogP contribution in [0.3, 0.4) is 0 Å². The molecule has 35 heavy (non-hydrogen) atoms. The number of nitrogens with zero attached hydrogens (tertiary/aromatic N) is 1. The topological polar surface area (TPSA) is 67.6 Å². The molecule has 0 saturated heterocycles. The van der Waals surface area contributed by atoms with Crippen molar-refractivity contribution in [3.8, 4) is 22.5 Å². The largest absolute Gasteiger partial charge is 0.456 e. The lowest BCUT2D eigenvalue weighted by atomic mass is 10.0. The minimum Gasteiger partial charge on any atom is -0.456 e. The lowest BCUT2D eigenvalue weighted by Crippen LogP contribution is -2.33. The molecule has 7 heteroatoms. The highest BCUT2D eigenvalue weighted by atomic mass is 32.2. The first-order valence-electron chi connectivity index (χ1n) is 10.8. The molecule has 0 fully saturated rings. The predicted octanol–water partition coefficient (Wildman–Crippen LogP) is 6.37. The van der Waals surface area contributed by atoms with Crippen molar-refractivity contribution in [1.82, 2.24) is 4.31 Å². The molecule has 5 nitrogen and oxygen atoms in total. The van der Waals surface area contributed by atoms with Crippen LogP contribution in [0, 0.1) is 5.82 Å². The van der Waals surface area contributed by atoms with Gasteiger partial charge in [0.25, 0.3) is 15.9 Å². The van der Waals surface area contributed by atoms with E-state index in [1.165, 1.54) is 31.3 Å². The number of amides is 1. The molecule has 0 aliphatic rings. The molecule has 1 aromatic heterocycles. The highest BCUT2D eigenvalue weighted by Crippen LogP contribution is 2.32. The SMILES string of the molecule is CN(C(=O)c1cccc(-c2ccc3oc(-c4ccc(F)cc4)cc3c2)c1)S(=O)(=O)c1ccccc1. The predicted molar refractivity (Wildman–Crippen MR) is 133 cm³/mol. The fourth-order valence-electron chi connectivity index (χ4n) is 3.85. The molecular formula is C28H20FNO4S. The number of halogens is 1. The fourth-order valence-corrected chi connectivity index (χ4v) is 4.99. The molecule has 4 aromatic carbocycles. The van der Waals surface area contributed by atoms with Crippen molar-refractivity contribution in [3.63, 3.8) is 0 Å². The Balaban J connectivity index is 1.45. The monoisotopic (exact) mass is 485 g/mol. The van der Waals surface area contributed by atoms with Crippen LogP contribution in [0.25, 0.3) is 33.4 Å². The Bertz CT molecular complexity index is 1640. The van der Waals surface area contributed by atoms with Gasteiger partial charge in [0.05, 0.1) is 4.90 Å². The molecule has 0 aliphatic carbocycles. The molecule has 0 aliphatic heterocycles. The second-order valence-electron chi connectivity index (χ2n) is 8.04. The summed E-state index contributed by atoms with van der Waals surface area (Å²) in [6, 6.07) is 28.2. The summed E-state index contributed by atoms with van der Waals surface area (Å²) in [5, 5.41) is 0.849. The third kappa shape index (κ3) is 4.34. The minimum absolute atomic E-state index is 0.0503. The first-order valence-corrected chi connectivity index (χ1v) is 12.3. The molecule has 1 heterocycles. The highest BCUT2D eigenvalue weighted by Gasteiger charge is 2.26. The molecule has 1 amide bonds. The number of hydrogen-bond acceptors (Lipinski definition) is 4. The van der Waals surface area contributed by atoms with Crippen LogP contribution in [0.15, 0.2) is 112 Å². The maximum absolute atomic E-state index is 13.2. The average molecular weight is 486 g/mol. The number of hydrogen-bond donors (Lipinski definition) is 0. The van der Waals surface area contributed by atoms with Crippen LogP contribution in [0.5, 0.6) is 0 Å². The summed E-state index contributed by atoms with van der Waals surface area (Å²) >= 11 is 0. The van der Waals surface area contributed by atoms with Gasteiger partial charge in [-0.1, -0.05) is 36.4 Å². The van der Waals surface area contributed by atoms with Crippen molar-refractivity contribution >= 4 is 26.9 Å². The van der Waals surface area contributed by atoms with E-state index in [1.54, 1.807) is 48.5 Å². The van der Waals surface area contributed by atoms with Crippen LogP contribution in [0.4, 0.5) is 4.39 Å². The Morgan fingerprint density at radius 3 is 2.20 bits per heavy atom. The van der Waals surface area contributed by atoms with Crippen LogP contribution in [0.1, 0.15) is 10.4 Å². The van der Waals surface area contributed by atoms with Crippen molar-refractivity contribution in [1.29, 1.82) is 0 Å². The van der Waals surface area contributed by atoms with Gasteiger partial charge in [-0.05, 0) is 77.9 Å². The van der Waals surface area contributed by atoms with Crippen molar-refractivity contribution < 1.29 is 22.0 Å². The van der Waals surface area contributed by atoms with E-state index in [9.17, 15) is 17.6 Å². The number of sulfonamides is 1. The zero-order chi connectivity index (χ0) is 24.6. The summed E-state index contributed by atoms with van der Waals surface area (Å²) in [7, 11) is -2.72. The summed E-state index contributed by atoms with van der Waals surface area (Å²) in [6.45, 7) is 0. The second-order valence-corrected chi connectivity index (χ2v) is 10.0. The number of fused-ring (bicyclic) bond motifs is 1. The lowest BCUT2D eigenvalue weighted by Gasteiger charge is -2.18. The van der Waals surface area contributed by atoms with Crippen molar-refractivity contribution in [3.05, 3.63) is 115 Å². The maximum atomic E-state index is 13.2. The number of furan rings is 1. The molecule has 0 atom stereocenters. The summed E-state index contributed by atoms with van der Waals surface area (Å²) in [6.07, 6.45) is 0. The van der Waals surface area contributed by atoms with E-state index >= 15 is 0 Å². The second kappa shape index (κ2) is 8.85. The van der Waals surface area contributed by atoms with E-state index in [-0.39, 0.29) is 16.3 Å². The Labute approximate surface area is 202 Å².